The third kappa shape index (κ3) is 8.18. The molecular weight excluding hydrogens is 338 g/mol. The van der Waals surface area contributed by atoms with E-state index in [0.29, 0.717) is 0 Å². The summed E-state index contributed by atoms with van der Waals surface area (Å²) in [6, 6.07) is 0. The molecule has 1 N–H and O–H groups in total. The predicted molar refractivity (Wildman–Crippen MR) is 80.3 cm³/mol. The normalized spacial score (nSPS) is 13.4. The Hall–Kier alpha value is -2.59. The van der Waals surface area contributed by atoms with E-state index >= 15 is 0 Å². The van der Waals surface area contributed by atoms with E-state index in [2.05, 4.69) is 0 Å². The lowest BCUT2D eigenvalue weighted by Gasteiger charge is -2.13. The average Bonchev–Trinajstić information content (AvgIpc) is 2.89. The van der Waals surface area contributed by atoms with E-state index in [1.807, 2.05) is 0 Å². The lowest BCUT2D eigenvalue weighted by atomic mass is 10.2. The second kappa shape index (κ2) is 11.0. The molecule has 0 saturated carbocycles. The number of carbonyl (C=O) groups is 5. The molecule has 1 heterocycles. The van der Waals surface area contributed by atoms with Crippen molar-refractivity contribution in [3.05, 3.63) is 12.2 Å². The molecule has 1 aliphatic heterocycles. The molecule has 0 unspecified atom stereocenters. The number of ether oxygens (including phenoxy) is 3. The molecule has 0 saturated heterocycles. The molecule has 0 aromatic heterocycles. The first-order valence-corrected chi connectivity index (χ1v) is 7.52. The van der Waals surface area contributed by atoms with Gasteiger partial charge in [0.15, 0.2) is 0 Å². The van der Waals surface area contributed by atoms with E-state index in [-0.39, 0.29) is 57.8 Å². The molecule has 0 radical (unpaired) electrons. The van der Waals surface area contributed by atoms with Gasteiger partial charge in [0.1, 0.15) is 6.61 Å². The first kappa shape index (κ1) is 20.5. The molecule has 0 aromatic rings. The Labute approximate surface area is 143 Å². The quantitative estimate of drug-likeness (QED) is 0.189. The Balaban J connectivity index is 1.91. The number of esters is 1. The Bertz CT molecular complexity index is 537. The van der Waals surface area contributed by atoms with E-state index in [4.69, 9.17) is 19.3 Å². The van der Waals surface area contributed by atoms with Crippen molar-refractivity contribution in [2.75, 3.05) is 39.6 Å². The van der Waals surface area contributed by atoms with Crippen LogP contribution in [-0.2, 0) is 38.2 Å². The number of rotatable bonds is 13. The third-order valence-electron chi connectivity index (χ3n) is 3.02. The molecule has 1 aliphatic rings. The number of hydrogen-bond donors (Lipinski definition) is 1. The maximum Gasteiger partial charge on any atom is 0.372 e. The summed E-state index contributed by atoms with van der Waals surface area (Å²) in [7, 11) is 0. The minimum absolute atomic E-state index is 0.0253. The number of imide groups is 1. The molecule has 0 atom stereocenters. The number of Topliss-reactive ketones (excluding diaryl/α,β-unsaturated/α-hetero) is 1. The number of carboxylic acids is 1. The van der Waals surface area contributed by atoms with Crippen molar-refractivity contribution in [2.24, 2.45) is 0 Å². The smallest absolute Gasteiger partial charge is 0.372 e. The number of carboxylic acid groups (broad SMARTS) is 1. The predicted octanol–water partition coefficient (Wildman–Crippen LogP) is -1.08. The van der Waals surface area contributed by atoms with Crippen LogP contribution >= 0.6 is 0 Å². The Morgan fingerprint density at radius 1 is 0.880 bits per heavy atom. The van der Waals surface area contributed by atoms with Crippen LogP contribution in [0.3, 0.4) is 0 Å². The molecular formula is C15H19NO9. The lowest BCUT2D eigenvalue weighted by molar-refractivity contribution is -0.151. The van der Waals surface area contributed by atoms with Crippen LogP contribution in [0.25, 0.3) is 0 Å². The first-order chi connectivity index (χ1) is 11.9. The zero-order valence-electron chi connectivity index (χ0n) is 13.5. The number of nitrogens with zero attached hydrogens (tertiary/aromatic N) is 1. The van der Waals surface area contributed by atoms with Gasteiger partial charge in [0.2, 0.25) is 5.78 Å². The molecule has 0 aliphatic carbocycles. The minimum atomic E-state index is -1.58. The molecule has 10 heteroatoms. The summed E-state index contributed by atoms with van der Waals surface area (Å²) >= 11 is 0. The Kier molecular flexibility index (Phi) is 9.04. The second-order valence-electron chi connectivity index (χ2n) is 4.83. The van der Waals surface area contributed by atoms with E-state index < -0.39 is 24.1 Å². The summed E-state index contributed by atoms with van der Waals surface area (Å²) in [5, 5.41) is 8.34. The van der Waals surface area contributed by atoms with Crippen molar-refractivity contribution in [3.63, 3.8) is 0 Å². The molecule has 2 amide bonds. The fraction of sp³-hybridized carbons (Fsp3) is 0.533. The van der Waals surface area contributed by atoms with Gasteiger partial charge in [-0.05, 0) is 0 Å². The molecule has 0 spiro atoms. The highest BCUT2D eigenvalue weighted by atomic mass is 16.6. The van der Waals surface area contributed by atoms with Crippen molar-refractivity contribution in [1.82, 2.24) is 4.90 Å². The molecule has 10 nitrogen and oxygen atoms in total. The highest BCUT2D eigenvalue weighted by Crippen LogP contribution is 2.02. The molecule has 0 fully saturated rings. The highest BCUT2D eigenvalue weighted by Gasteiger charge is 2.22. The first-order valence-electron chi connectivity index (χ1n) is 7.52. The molecule has 0 aromatic carbocycles. The van der Waals surface area contributed by atoms with Crippen LogP contribution in [0, 0.1) is 0 Å². The fourth-order valence-electron chi connectivity index (χ4n) is 1.74. The van der Waals surface area contributed by atoms with Gasteiger partial charge >= 0.3 is 11.9 Å². The summed E-state index contributed by atoms with van der Waals surface area (Å²) in [6.07, 6.45) is 1.70. The zero-order chi connectivity index (χ0) is 18.7. The summed E-state index contributed by atoms with van der Waals surface area (Å²) in [6.45, 7) is 0.921. The van der Waals surface area contributed by atoms with Crippen LogP contribution in [0.2, 0.25) is 0 Å². The number of ketones is 1. The number of amides is 2. The van der Waals surface area contributed by atoms with Crippen molar-refractivity contribution in [1.29, 1.82) is 0 Å². The average molecular weight is 357 g/mol. The van der Waals surface area contributed by atoms with E-state index in [0.717, 1.165) is 4.90 Å². The maximum atomic E-state index is 11.2. The number of carbonyl (C=O) groups excluding carboxylic acids is 4. The monoisotopic (exact) mass is 357 g/mol. The van der Waals surface area contributed by atoms with Gasteiger partial charge in [-0.3, -0.25) is 24.1 Å². The summed E-state index contributed by atoms with van der Waals surface area (Å²) in [5.41, 5.74) is 0. The van der Waals surface area contributed by atoms with Crippen LogP contribution < -0.4 is 0 Å². The van der Waals surface area contributed by atoms with Crippen LogP contribution in [0.15, 0.2) is 12.2 Å². The molecule has 1 rings (SSSR count). The second-order valence-corrected chi connectivity index (χ2v) is 4.83. The lowest BCUT2D eigenvalue weighted by Crippen LogP contribution is -2.33. The SMILES string of the molecule is O=C(CCC(=O)C(=O)O)OCCOCCOCCN1C(=O)C=CC1=O. The molecule has 0 bridgehead atoms. The summed E-state index contributed by atoms with van der Waals surface area (Å²) in [5.74, 6) is -4.03. The van der Waals surface area contributed by atoms with Gasteiger partial charge in [0.05, 0.1) is 39.4 Å². The maximum absolute atomic E-state index is 11.2. The topological polar surface area (TPSA) is 137 Å². The van der Waals surface area contributed by atoms with Crippen LogP contribution in [0.5, 0.6) is 0 Å². The fourth-order valence-corrected chi connectivity index (χ4v) is 1.74. The largest absolute Gasteiger partial charge is 0.476 e. The van der Waals surface area contributed by atoms with Gasteiger partial charge in [-0.15, -0.1) is 0 Å². The van der Waals surface area contributed by atoms with Gasteiger partial charge in [-0.25, -0.2) is 4.79 Å². The van der Waals surface area contributed by atoms with E-state index in [1.54, 1.807) is 0 Å². The standard InChI is InChI=1S/C15H19NO9/c17-11(15(21)22)1-4-14(20)25-10-9-24-8-7-23-6-5-16-12(18)2-3-13(16)19/h2-3H,1,4-10H2,(H,21,22). The highest BCUT2D eigenvalue weighted by molar-refractivity contribution is 6.32. The zero-order valence-corrected chi connectivity index (χ0v) is 13.5. The van der Waals surface area contributed by atoms with Crippen molar-refractivity contribution >= 4 is 29.5 Å². The minimum Gasteiger partial charge on any atom is -0.476 e. The van der Waals surface area contributed by atoms with Gasteiger partial charge in [-0.1, -0.05) is 0 Å². The van der Waals surface area contributed by atoms with Crippen LogP contribution in [0.1, 0.15) is 12.8 Å². The molecule has 25 heavy (non-hydrogen) atoms. The number of hydrogen-bond acceptors (Lipinski definition) is 8. The van der Waals surface area contributed by atoms with Gasteiger partial charge in [-0.2, -0.15) is 0 Å². The third-order valence-corrected chi connectivity index (χ3v) is 3.02. The van der Waals surface area contributed by atoms with Crippen molar-refractivity contribution < 1.29 is 43.3 Å². The van der Waals surface area contributed by atoms with Crippen LogP contribution in [-0.4, -0.2) is 79.1 Å². The van der Waals surface area contributed by atoms with E-state index in [9.17, 15) is 24.0 Å². The van der Waals surface area contributed by atoms with E-state index in [1.165, 1.54) is 12.2 Å². The Morgan fingerprint density at radius 3 is 2.04 bits per heavy atom. The summed E-state index contributed by atoms with van der Waals surface area (Å²) < 4.78 is 15.1. The number of aliphatic carboxylic acids is 1. The van der Waals surface area contributed by atoms with Gasteiger partial charge in [0, 0.05) is 18.6 Å². The van der Waals surface area contributed by atoms with Gasteiger partial charge in [0.25, 0.3) is 11.8 Å². The summed E-state index contributed by atoms with van der Waals surface area (Å²) in [4.78, 5) is 55.8. The van der Waals surface area contributed by atoms with Gasteiger partial charge < -0.3 is 19.3 Å². The van der Waals surface area contributed by atoms with Crippen LogP contribution in [0.4, 0.5) is 0 Å². The van der Waals surface area contributed by atoms with Crippen molar-refractivity contribution in [3.8, 4) is 0 Å². The Morgan fingerprint density at radius 2 is 1.44 bits per heavy atom. The molecule has 138 valence electrons. The van der Waals surface area contributed by atoms with Crippen molar-refractivity contribution in [2.45, 2.75) is 12.8 Å².